The van der Waals surface area contributed by atoms with E-state index in [0.29, 0.717) is 12.5 Å². The number of likely N-dealkylation sites (N-methyl/N-ethyl adjacent to an activating group) is 1. The lowest BCUT2D eigenvalue weighted by molar-refractivity contribution is -0.146. The first kappa shape index (κ1) is 18.5. The summed E-state index contributed by atoms with van der Waals surface area (Å²) in [4.78, 5) is 14.0. The smallest absolute Gasteiger partial charge is 0.344 e. The largest absolute Gasteiger partial charge is 0.482 e. The zero-order chi connectivity index (χ0) is 16.5. The molecule has 124 valence electrons. The summed E-state index contributed by atoms with van der Waals surface area (Å²) in [7, 11) is 0. The number of carbonyl (C=O) groups excluding carboxylic acids is 1. The van der Waals surface area contributed by atoms with E-state index in [9.17, 15) is 4.79 Å². The van der Waals surface area contributed by atoms with Crippen molar-refractivity contribution < 1.29 is 14.3 Å². The highest BCUT2D eigenvalue weighted by Gasteiger charge is 2.11. The molecule has 0 atom stereocenters. The molecule has 4 heteroatoms. The second-order valence-electron chi connectivity index (χ2n) is 5.73. The maximum Gasteiger partial charge on any atom is 0.344 e. The van der Waals surface area contributed by atoms with Crippen molar-refractivity contribution >= 4 is 5.97 Å². The Labute approximate surface area is 134 Å². The Morgan fingerprint density at radius 1 is 1.23 bits per heavy atom. The first-order valence-electron chi connectivity index (χ1n) is 8.09. The second-order valence-corrected chi connectivity index (χ2v) is 5.73. The Kier molecular flexibility index (Phi) is 7.96. The van der Waals surface area contributed by atoms with E-state index in [1.807, 2.05) is 13.0 Å². The van der Waals surface area contributed by atoms with Crippen LogP contribution in [0.2, 0.25) is 0 Å². The molecule has 1 rings (SSSR count). The van der Waals surface area contributed by atoms with Crippen molar-refractivity contribution in [2.45, 2.75) is 40.5 Å². The molecule has 0 unspecified atom stereocenters. The van der Waals surface area contributed by atoms with Crippen LogP contribution in [0.1, 0.15) is 44.7 Å². The molecule has 0 radical (unpaired) electrons. The maximum absolute atomic E-state index is 11.8. The number of hydrogen-bond donors (Lipinski definition) is 0. The number of rotatable bonds is 9. The highest BCUT2D eigenvalue weighted by molar-refractivity contribution is 5.71. The van der Waals surface area contributed by atoms with Crippen LogP contribution in [0, 0.1) is 6.92 Å². The van der Waals surface area contributed by atoms with Crippen molar-refractivity contribution in [1.29, 1.82) is 0 Å². The van der Waals surface area contributed by atoms with Crippen molar-refractivity contribution in [3.63, 3.8) is 0 Å². The van der Waals surface area contributed by atoms with Crippen molar-refractivity contribution in [3.05, 3.63) is 29.3 Å². The number of ether oxygens (including phenoxy) is 2. The van der Waals surface area contributed by atoms with Crippen molar-refractivity contribution in [2.75, 3.05) is 32.8 Å². The van der Waals surface area contributed by atoms with Crippen molar-refractivity contribution in [3.8, 4) is 5.75 Å². The van der Waals surface area contributed by atoms with Gasteiger partial charge in [-0.1, -0.05) is 39.8 Å². The van der Waals surface area contributed by atoms with Crippen LogP contribution in [0.3, 0.4) is 0 Å². The van der Waals surface area contributed by atoms with Gasteiger partial charge in [0.05, 0.1) is 0 Å². The Morgan fingerprint density at radius 2 is 1.91 bits per heavy atom. The molecule has 1 aromatic rings. The third kappa shape index (κ3) is 6.06. The first-order chi connectivity index (χ1) is 10.5. The molecule has 0 spiro atoms. The predicted molar refractivity (Wildman–Crippen MR) is 89.5 cm³/mol. The molecule has 1 aromatic carbocycles. The lowest BCUT2D eigenvalue weighted by atomic mass is 10.0. The first-order valence-corrected chi connectivity index (χ1v) is 8.09. The third-order valence-corrected chi connectivity index (χ3v) is 3.70. The fourth-order valence-electron chi connectivity index (χ4n) is 2.25. The lowest BCUT2D eigenvalue weighted by Crippen LogP contribution is -2.28. The van der Waals surface area contributed by atoms with Gasteiger partial charge in [0.15, 0.2) is 6.61 Å². The van der Waals surface area contributed by atoms with E-state index in [1.54, 1.807) is 0 Å². The van der Waals surface area contributed by atoms with E-state index in [0.717, 1.165) is 36.5 Å². The number of carbonyl (C=O) groups is 1. The summed E-state index contributed by atoms with van der Waals surface area (Å²) in [5, 5.41) is 0. The highest BCUT2D eigenvalue weighted by Crippen LogP contribution is 2.27. The van der Waals surface area contributed by atoms with Gasteiger partial charge in [0.1, 0.15) is 12.4 Å². The Morgan fingerprint density at radius 3 is 2.50 bits per heavy atom. The standard InChI is InChI=1S/C18H29NO3/c1-6-19(7-2)10-11-21-18(20)13-22-17-12-15(5)8-9-16(17)14(3)4/h8-9,12,14H,6-7,10-11,13H2,1-5H3. The molecule has 0 fully saturated rings. The minimum absolute atomic E-state index is 0.0403. The monoisotopic (exact) mass is 307 g/mol. The minimum Gasteiger partial charge on any atom is -0.482 e. The zero-order valence-corrected chi connectivity index (χ0v) is 14.5. The molecule has 0 aromatic heterocycles. The minimum atomic E-state index is -0.316. The SMILES string of the molecule is CCN(CC)CCOC(=O)COc1cc(C)ccc1C(C)C. The fourth-order valence-corrected chi connectivity index (χ4v) is 2.25. The Hall–Kier alpha value is -1.55. The summed E-state index contributed by atoms with van der Waals surface area (Å²) >= 11 is 0. The normalized spacial score (nSPS) is 11.0. The number of hydrogen-bond acceptors (Lipinski definition) is 4. The third-order valence-electron chi connectivity index (χ3n) is 3.70. The van der Waals surface area contributed by atoms with Crippen molar-refractivity contribution in [2.24, 2.45) is 0 Å². The topological polar surface area (TPSA) is 38.8 Å². The Bertz CT molecular complexity index is 467. The maximum atomic E-state index is 11.8. The zero-order valence-electron chi connectivity index (χ0n) is 14.5. The molecule has 0 amide bonds. The van der Waals surface area contributed by atoms with Crippen LogP contribution in [0.15, 0.2) is 18.2 Å². The predicted octanol–water partition coefficient (Wildman–Crippen LogP) is 3.38. The number of nitrogens with zero attached hydrogens (tertiary/aromatic N) is 1. The van der Waals surface area contributed by atoms with Crippen LogP contribution in [-0.2, 0) is 9.53 Å². The van der Waals surface area contributed by atoms with Gasteiger partial charge in [-0.3, -0.25) is 0 Å². The van der Waals surface area contributed by atoms with Gasteiger partial charge in [0.2, 0.25) is 0 Å². The Balaban J connectivity index is 2.46. The molecule has 22 heavy (non-hydrogen) atoms. The molecule has 0 aliphatic rings. The van der Waals surface area contributed by atoms with E-state index in [4.69, 9.17) is 9.47 Å². The van der Waals surface area contributed by atoms with Crippen LogP contribution >= 0.6 is 0 Å². The van der Waals surface area contributed by atoms with Crippen LogP contribution < -0.4 is 4.74 Å². The van der Waals surface area contributed by atoms with Crippen LogP contribution in [0.25, 0.3) is 0 Å². The molecule has 0 saturated carbocycles. The molecular weight excluding hydrogens is 278 g/mol. The van der Waals surface area contributed by atoms with Gasteiger partial charge in [0.25, 0.3) is 0 Å². The van der Waals surface area contributed by atoms with Gasteiger partial charge in [-0.05, 0) is 43.1 Å². The molecule has 0 heterocycles. The number of aryl methyl sites for hydroxylation is 1. The lowest BCUT2D eigenvalue weighted by Gasteiger charge is -2.18. The summed E-state index contributed by atoms with van der Waals surface area (Å²) in [5.74, 6) is 0.813. The summed E-state index contributed by atoms with van der Waals surface area (Å²) in [6.45, 7) is 13.5. The summed E-state index contributed by atoms with van der Waals surface area (Å²) in [6.07, 6.45) is 0. The molecule has 0 bridgehead atoms. The van der Waals surface area contributed by atoms with E-state index in [1.165, 1.54) is 0 Å². The summed E-state index contributed by atoms with van der Waals surface area (Å²) in [5.41, 5.74) is 2.23. The number of benzene rings is 1. The average molecular weight is 307 g/mol. The van der Waals surface area contributed by atoms with Crippen LogP contribution in [0.4, 0.5) is 0 Å². The van der Waals surface area contributed by atoms with Gasteiger partial charge >= 0.3 is 5.97 Å². The van der Waals surface area contributed by atoms with E-state index in [-0.39, 0.29) is 12.6 Å². The molecule has 0 aliphatic heterocycles. The van der Waals surface area contributed by atoms with E-state index >= 15 is 0 Å². The van der Waals surface area contributed by atoms with Gasteiger partial charge in [-0.25, -0.2) is 4.79 Å². The second kappa shape index (κ2) is 9.46. The van der Waals surface area contributed by atoms with Gasteiger partial charge in [0, 0.05) is 6.54 Å². The number of esters is 1. The molecule has 4 nitrogen and oxygen atoms in total. The van der Waals surface area contributed by atoms with Gasteiger partial charge in [-0.2, -0.15) is 0 Å². The van der Waals surface area contributed by atoms with E-state index in [2.05, 4.69) is 44.7 Å². The van der Waals surface area contributed by atoms with E-state index < -0.39 is 0 Å². The summed E-state index contributed by atoms with van der Waals surface area (Å²) < 4.78 is 10.9. The van der Waals surface area contributed by atoms with Crippen LogP contribution in [-0.4, -0.2) is 43.7 Å². The van der Waals surface area contributed by atoms with Crippen LogP contribution in [0.5, 0.6) is 5.75 Å². The highest BCUT2D eigenvalue weighted by atomic mass is 16.6. The average Bonchev–Trinajstić information content (AvgIpc) is 2.49. The van der Waals surface area contributed by atoms with Gasteiger partial charge < -0.3 is 14.4 Å². The molecule has 0 N–H and O–H groups in total. The van der Waals surface area contributed by atoms with Gasteiger partial charge in [-0.15, -0.1) is 0 Å². The molecular formula is C18H29NO3. The summed E-state index contributed by atoms with van der Waals surface area (Å²) in [6, 6.07) is 6.09. The quantitative estimate of drug-likeness (QED) is 0.656. The van der Waals surface area contributed by atoms with Crippen molar-refractivity contribution in [1.82, 2.24) is 4.90 Å². The fraction of sp³-hybridized carbons (Fsp3) is 0.611. The molecule has 0 saturated heterocycles. The molecule has 0 aliphatic carbocycles.